The van der Waals surface area contributed by atoms with Gasteiger partial charge in [0.05, 0.1) is 47.4 Å². The maximum absolute atomic E-state index is 12.2. The van der Waals surface area contributed by atoms with Crippen molar-refractivity contribution in [2.45, 2.75) is 54.1 Å². The molecule has 0 unspecified atom stereocenters. The Morgan fingerprint density at radius 3 is 1.98 bits per heavy atom. The van der Waals surface area contributed by atoms with Gasteiger partial charge in [-0.1, -0.05) is 12.1 Å². The normalized spacial score (nSPS) is 11.5. The molecule has 0 spiro atoms. The summed E-state index contributed by atoms with van der Waals surface area (Å²) in [5.74, 6) is -0.910. The Hall–Kier alpha value is -6.83. The van der Waals surface area contributed by atoms with Gasteiger partial charge in [-0.2, -0.15) is 20.5 Å². The molecule has 5 rings (SSSR count). The van der Waals surface area contributed by atoms with E-state index in [2.05, 4.69) is 40.7 Å². The van der Waals surface area contributed by atoms with E-state index >= 15 is 0 Å². The number of nitrogen functional groups attached to an aromatic ring is 1. The number of carbonyl (C=O) groups excluding carboxylic acids is 3. The highest BCUT2D eigenvalue weighted by Gasteiger charge is 2.18. The van der Waals surface area contributed by atoms with Crippen molar-refractivity contribution in [1.29, 1.82) is 0 Å². The maximum atomic E-state index is 12.2. The molecular formula is C40H40N8O6. The number of hydrogen-bond donors (Lipinski definition) is 3. The average molecular weight is 729 g/mol. The van der Waals surface area contributed by atoms with E-state index in [1.165, 1.54) is 7.11 Å². The van der Waals surface area contributed by atoms with Gasteiger partial charge < -0.3 is 25.6 Å². The lowest BCUT2D eigenvalue weighted by Crippen LogP contribution is -2.13. The lowest BCUT2D eigenvalue weighted by atomic mass is 9.98. The molecule has 5 aromatic rings. The summed E-state index contributed by atoms with van der Waals surface area (Å²) >= 11 is 0. The predicted octanol–water partition coefficient (Wildman–Crippen LogP) is 10.5. The van der Waals surface area contributed by atoms with Gasteiger partial charge in [0, 0.05) is 12.1 Å². The molecule has 14 heteroatoms. The number of amides is 1. The standard InChI is InChI=1S/C40H40N8O6/c1-22-17-34(47-46-33-19-24(3)32(18-25(33)4)45-43-28-9-7-27(8-10-28)20-54-21-49)38(41)37-30(22)16-26(5)39(40(37)52)48-44-31-12-11-29(15-23(31)2)42-35(50)13-14-36(51)53-6/h7-12,15-19,21,52H,13-14,20,41H2,1-6H3,(H,42,50). The number of aromatic hydroxyl groups is 1. The molecule has 4 N–H and O–H groups in total. The third-order valence-electron chi connectivity index (χ3n) is 8.62. The van der Waals surface area contributed by atoms with Crippen molar-refractivity contribution in [1.82, 2.24) is 0 Å². The predicted molar refractivity (Wildman–Crippen MR) is 206 cm³/mol. The number of phenolic OH excluding ortho intramolecular Hbond substituents is 1. The Bertz CT molecular complexity index is 2340. The van der Waals surface area contributed by atoms with Gasteiger partial charge in [-0.15, -0.1) is 10.2 Å². The zero-order chi connectivity index (χ0) is 38.9. The van der Waals surface area contributed by atoms with Gasteiger partial charge in [0.1, 0.15) is 18.0 Å². The number of nitrogens with zero attached hydrogens (tertiary/aromatic N) is 6. The van der Waals surface area contributed by atoms with Crippen molar-refractivity contribution < 1.29 is 29.0 Å². The van der Waals surface area contributed by atoms with Crippen LogP contribution < -0.4 is 11.1 Å². The van der Waals surface area contributed by atoms with Gasteiger partial charge in [-0.05, 0) is 128 Å². The average Bonchev–Trinajstić information content (AvgIpc) is 3.15. The second-order valence-electron chi connectivity index (χ2n) is 12.7. The van der Waals surface area contributed by atoms with Gasteiger partial charge >= 0.3 is 5.97 Å². The van der Waals surface area contributed by atoms with E-state index in [9.17, 15) is 19.5 Å². The first kappa shape index (κ1) is 38.4. The summed E-state index contributed by atoms with van der Waals surface area (Å²) in [5, 5.41) is 41.9. The number of fused-ring (bicyclic) bond motifs is 1. The van der Waals surface area contributed by atoms with Crippen LogP contribution >= 0.6 is 0 Å². The second-order valence-corrected chi connectivity index (χ2v) is 12.7. The third kappa shape index (κ3) is 9.14. The van der Waals surface area contributed by atoms with E-state index in [-0.39, 0.29) is 42.5 Å². The molecule has 0 aromatic heterocycles. The summed E-state index contributed by atoms with van der Waals surface area (Å²) in [4.78, 5) is 34.0. The lowest BCUT2D eigenvalue weighted by molar-refractivity contribution is -0.141. The zero-order valence-corrected chi connectivity index (χ0v) is 30.8. The smallest absolute Gasteiger partial charge is 0.306 e. The molecule has 0 saturated heterocycles. The first-order chi connectivity index (χ1) is 25.9. The third-order valence-corrected chi connectivity index (χ3v) is 8.62. The van der Waals surface area contributed by atoms with Gasteiger partial charge in [0.15, 0.2) is 5.75 Å². The molecule has 0 bridgehead atoms. The van der Waals surface area contributed by atoms with Crippen molar-refractivity contribution in [3.8, 4) is 5.75 Å². The minimum Gasteiger partial charge on any atom is -0.505 e. The molecule has 14 nitrogen and oxygen atoms in total. The van der Waals surface area contributed by atoms with E-state index in [1.807, 2.05) is 71.0 Å². The Morgan fingerprint density at radius 2 is 1.33 bits per heavy atom. The quantitative estimate of drug-likeness (QED) is 0.0463. The summed E-state index contributed by atoms with van der Waals surface area (Å²) in [7, 11) is 1.27. The number of azo groups is 3. The van der Waals surface area contributed by atoms with E-state index in [1.54, 1.807) is 30.3 Å². The van der Waals surface area contributed by atoms with Crippen molar-refractivity contribution in [3.05, 3.63) is 100 Å². The van der Waals surface area contributed by atoms with Crippen LogP contribution in [0.25, 0.3) is 10.8 Å². The molecule has 5 aromatic carbocycles. The minimum atomic E-state index is -0.459. The summed E-state index contributed by atoms with van der Waals surface area (Å²) in [6.07, 6.45) is -0.0145. The monoisotopic (exact) mass is 728 g/mol. The van der Waals surface area contributed by atoms with Crippen molar-refractivity contribution >= 4 is 74.6 Å². The van der Waals surface area contributed by atoms with Crippen LogP contribution in [0.15, 0.2) is 97.4 Å². The summed E-state index contributed by atoms with van der Waals surface area (Å²) in [6.45, 7) is 9.96. The van der Waals surface area contributed by atoms with E-state index < -0.39 is 5.97 Å². The first-order valence-corrected chi connectivity index (χ1v) is 16.9. The molecule has 0 aliphatic carbocycles. The number of anilines is 2. The van der Waals surface area contributed by atoms with E-state index in [0.717, 1.165) is 33.2 Å². The number of nitrogens with two attached hydrogens (primary N) is 1. The minimum absolute atomic E-state index is 0.0000137. The zero-order valence-electron chi connectivity index (χ0n) is 30.8. The van der Waals surface area contributed by atoms with Crippen LogP contribution in [-0.2, 0) is 30.5 Å². The van der Waals surface area contributed by atoms with Crippen LogP contribution in [-0.4, -0.2) is 30.6 Å². The van der Waals surface area contributed by atoms with Crippen LogP contribution in [0.3, 0.4) is 0 Å². The molecule has 0 atom stereocenters. The fraction of sp³-hybridized carbons (Fsp3) is 0.225. The summed E-state index contributed by atoms with van der Waals surface area (Å²) < 4.78 is 9.36. The SMILES string of the molecule is COC(=O)CCC(=O)Nc1ccc(N=Nc2c(C)cc3c(C)cc(N=Nc4cc(C)c(N=Nc5ccc(COC=O)cc5)cc4C)c(N)c3c2O)c(C)c1. The Balaban J connectivity index is 1.37. The molecule has 1 amide bonds. The summed E-state index contributed by atoms with van der Waals surface area (Å²) in [6, 6.07) is 19.8. The number of benzene rings is 5. The number of esters is 1. The van der Waals surface area contributed by atoms with Crippen LogP contribution in [0.2, 0.25) is 0 Å². The van der Waals surface area contributed by atoms with Crippen LogP contribution in [0, 0.1) is 34.6 Å². The first-order valence-electron chi connectivity index (χ1n) is 16.9. The second kappa shape index (κ2) is 17.1. The number of hydrogen-bond acceptors (Lipinski definition) is 13. The summed E-state index contributed by atoms with van der Waals surface area (Å²) in [5.41, 5.74) is 15.3. The van der Waals surface area contributed by atoms with Crippen molar-refractivity contribution in [2.75, 3.05) is 18.2 Å². The number of nitrogens with one attached hydrogen (secondary N) is 1. The largest absolute Gasteiger partial charge is 0.505 e. The number of rotatable bonds is 13. The molecule has 54 heavy (non-hydrogen) atoms. The molecule has 0 saturated carbocycles. The molecule has 0 aliphatic heterocycles. The Kier molecular flexibility index (Phi) is 12.2. The van der Waals surface area contributed by atoms with Gasteiger partial charge in [-0.25, -0.2) is 0 Å². The lowest BCUT2D eigenvalue weighted by Gasteiger charge is -2.14. The number of phenols is 1. The van der Waals surface area contributed by atoms with Crippen LogP contribution in [0.1, 0.15) is 46.2 Å². The van der Waals surface area contributed by atoms with Gasteiger partial charge in [-0.3, -0.25) is 14.4 Å². The highest BCUT2D eigenvalue weighted by molar-refractivity contribution is 6.07. The van der Waals surface area contributed by atoms with Crippen LogP contribution in [0.4, 0.5) is 45.5 Å². The maximum Gasteiger partial charge on any atom is 0.306 e. The Labute approximate surface area is 311 Å². The molecule has 0 aliphatic rings. The molecule has 276 valence electrons. The van der Waals surface area contributed by atoms with E-state index in [0.29, 0.717) is 51.5 Å². The highest BCUT2D eigenvalue weighted by atomic mass is 16.5. The number of methoxy groups -OCH3 is 1. The van der Waals surface area contributed by atoms with Gasteiger partial charge in [0.2, 0.25) is 5.91 Å². The van der Waals surface area contributed by atoms with Crippen molar-refractivity contribution in [2.24, 2.45) is 30.7 Å². The molecule has 0 radical (unpaired) electrons. The molecule has 0 fully saturated rings. The topological polar surface area (TPSA) is 202 Å². The van der Waals surface area contributed by atoms with E-state index in [4.69, 9.17) is 10.5 Å². The Morgan fingerprint density at radius 1 is 0.722 bits per heavy atom. The molecular weight excluding hydrogens is 688 g/mol. The van der Waals surface area contributed by atoms with Crippen LogP contribution in [0.5, 0.6) is 5.75 Å². The number of ether oxygens (including phenoxy) is 2. The van der Waals surface area contributed by atoms with Crippen molar-refractivity contribution in [3.63, 3.8) is 0 Å². The number of aryl methyl sites for hydroxylation is 5. The highest BCUT2D eigenvalue weighted by Crippen LogP contribution is 2.46. The van der Waals surface area contributed by atoms with Gasteiger partial charge in [0.25, 0.3) is 6.47 Å². The fourth-order valence-corrected chi connectivity index (χ4v) is 5.57. The molecule has 0 heterocycles. The number of carbonyl (C=O) groups is 3. The fourth-order valence-electron chi connectivity index (χ4n) is 5.57.